The van der Waals surface area contributed by atoms with E-state index < -0.39 is 17.7 Å². The Morgan fingerprint density at radius 2 is 1.94 bits per heavy atom. The van der Waals surface area contributed by atoms with E-state index in [4.69, 9.17) is 9.47 Å². The molecule has 2 aliphatic heterocycles. The van der Waals surface area contributed by atoms with E-state index in [2.05, 4.69) is 18.7 Å². The molecule has 0 bridgehead atoms. The molecule has 2 aliphatic rings. The lowest BCUT2D eigenvalue weighted by Gasteiger charge is -2.28. The molecule has 0 saturated carbocycles. The average molecular weight is 465 g/mol. The lowest BCUT2D eigenvalue weighted by molar-refractivity contribution is -0.140. The van der Waals surface area contributed by atoms with Crippen molar-refractivity contribution >= 4 is 17.4 Å². The Hall–Kier alpha value is -3.32. The van der Waals surface area contributed by atoms with E-state index in [1.54, 1.807) is 18.1 Å². The lowest BCUT2D eigenvalue weighted by atomic mass is 9.94. The van der Waals surface area contributed by atoms with Gasteiger partial charge >= 0.3 is 0 Å². The molecule has 34 heavy (non-hydrogen) atoms. The van der Waals surface area contributed by atoms with Crippen LogP contribution in [0.5, 0.6) is 11.5 Å². The minimum Gasteiger partial charge on any atom is -0.507 e. The summed E-state index contributed by atoms with van der Waals surface area (Å²) in [6.45, 7) is 8.82. The number of carbonyl (C=O) groups excluding carboxylic acids is 2. The minimum atomic E-state index is -0.700. The molecule has 2 atom stereocenters. The highest BCUT2D eigenvalue weighted by Gasteiger charge is 2.46. The van der Waals surface area contributed by atoms with Crippen molar-refractivity contribution in [1.82, 2.24) is 9.80 Å². The number of aliphatic hydroxyl groups is 1. The number of amides is 1. The van der Waals surface area contributed by atoms with E-state index in [9.17, 15) is 14.7 Å². The molecule has 0 aromatic heterocycles. The summed E-state index contributed by atoms with van der Waals surface area (Å²) >= 11 is 0. The lowest BCUT2D eigenvalue weighted by Crippen LogP contribution is -2.38. The van der Waals surface area contributed by atoms with Crippen molar-refractivity contribution in [3.05, 3.63) is 64.7 Å². The quantitative estimate of drug-likeness (QED) is 0.364. The fraction of sp³-hybridized carbons (Fsp3) is 0.407. The van der Waals surface area contributed by atoms with Crippen molar-refractivity contribution in [2.24, 2.45) is 0 Å². The number of aliphatic hydroxyl groups excluding tert-OH is 1. The van der Waals surface area contributed by atoms with Crippen LogP contribution in [-0.4, -0.2) is 66.0 Å². The van der Waals surface area contributed by atoms with Crippen LogP contribution < -0.4 is 9.47 Å². The number of rotatable bonds is 8. The highest BCUT2D eigenvalue weighted by Crippen LogP contribution is 2.41. The molecule has 2 unspecified atom stereocenters. The maximum Gasteiger partial charge on any atom is 0.295 e. The summed E-state index contributed by atoms with van der Waals surface area (Å²) in [7, 11) is 1.57. The SMILES string of the molecule is CCN(CC)CCN1C(=O)C(=O)/C(=C(\O)c2ccc3c(c2)CC(C)O3)C1c1cccc(OC)c1. The number of ketones is 1. The normalized spacial score (nSPS) is 21.1. The summed E-state index contributed by atoms with van der Waals surface area (Å²) in [4.78, 5) is 30.2. The zero-order valence-electron chi connectivity index (χ0n) is 20.2. The number of likely N-dealkylation sites (N-methyl/N-ethyl adjacent to an activating group) is 1. The van der Waals surface area contributed by atoms with Gasteiger partial charge in [-0.25, -0.2) is 0 Å². The van der Waals surface area contributed by atoms with Gasteiger partial charge in [-0.2, -0.15) is 0 Å². The number of Topliss-reactive ketones (excluding diaryl/α,β-unsaturated/α-hetero) is 1. The second-order valence-electron chi connectivity index (χ2n) is 8.75. The van der Waals surface area contributed by atoms with Crippen LogP contribution in [0.2, 0.25) is 0 Å². The Bertz CT molecular complexity index is 1120. The zero-order valence-corrected chi connectivity index (χ0v) is 20.2. The highest BCUT2D eigenvalue weighted by molar-refractivity contribution is 6.46. The van der Waals surface area contributed by atoms with Gasteiger partial charge < -0.3 is 24.4 Å². The molecule has 1 amide bonds. The maximum absolute atomic E-state index is 13.3. The number of ether oxygens (including phenoxy) is 2. The van der Waals surface area contributed by atoms with Gasteiger partial charge in [0.1, 0.15) is 23.4 Å². The Labute approximate surface area is 200 Å². The Morgan fingerprint density at radius 1 is 1.18 bits per heavy atom. The Kier molecular flexibility index (Phi) is 6.93. The van der Waals surface area contributed by atoms with Crippen LogP contribution in [0.1, 0.15) is 43.5 Å². The Balaban J connectivity index is 1.79. The molecule has 7 nitrogen and oxygen atoms in total. The van der Waals surface area contributed by atoms with Gasteiger partial charge in [-0.05, 0) is 61.5 Å². The second kappa shape index (κ2) is 9.89. The largest absolute Gasteiger partial charge is 0.507 e. The predicted molar refractivity (Wildman–Crippen MR) is 130 cm³/mol. The van der Waals surface area contributed by atoms with E-state index in [1.165, 1.54) is 0 Å². The molecule has 2 aromatic rings. The first-order valence-electron chi connectivity index (χ1n) is 11.8. The average Bonchev–Trinajstić information content (AvgIpc) is 3.35. The zero-order chi connectivity index (χ0) is 24.4. The van der Waals surface area contributed by atoms with E-state index in [0.717, 1.165) is 36.4 Å². The van der Waals surface area contributed by atoms with Crippen molar-refractivity contribution in [3.8, 4) is 11.5 Å². The number of hydrogen-bond donors (Lipinski definition) is 1. The first kappa shape index (κ1) is 23.8. The number of hydrogen-bond acceptors (Lipinski definition) is 6. The summed E-state index contributed by atoms with van der Waals surface area (Å²) in [5, 5.41) is 11.3. The highest BCUT2D eigenvalue weighted by atomic mass is 16.5. The van der Waals surface area contributed by atoms with Gasteiger partial charge in [0.15, 0.2) is 0 Å². The molecule has 7 heteroatoms. The summed E-state index contributed by atoms with van der Waals surface area (Å²) < 4.78 is 11.2. The van der Waals surface area contributed by atoms with Gasteiger partial charge in [-0.3, -0.25) is 9.59 Å². The van der Waals surface area contributed by atoms with E-state index in [0.29, 0.717) is 24.4 Å². The number of methoxy groups -OCH3 is 1. The molecule has 0 spiro atoms. The van der Waals surface area contributed by atoms with Gasteiger partial charge in [0, 0.05) is 25.1 Å². The van der Waals surface area contributed by atoms with E-state index >= 15 is 0 Å². The summed E-state index contributed by atoms with van der Waals surface area (Å²) in [5.74, 6) is -0.0305. The number of nitrogens with zero attached hydrogens (tertiary/aromatic N) is 2. The van der Waals surface area contributed by atoms with Crippen molar-refractivity contribution < 1.29 is 24.2 Å². The van der Waals surface area contributed by atoms with Crippen LogP contribution in [0.15, 0.2) is 48.0 Å². The molecule has 1 fully saturated rings. The molecular formula is C27H32N2O5. The summed E-state index contributed by atoms with van der Waals surface area (Å²) in [6, 6.07) is 12.0. The molecule has 180 valence electrons. The fourth-order valence-corrected chi connectivity index (χ4v) is 4.78. The molecule has 0 aliphatic carbocycles. The first-order chi connectivity index (χ1) is 16.4. The van der Waals surface area contributed by atoms with Crippen molar-refractivity contribution in [2.75, 3.05) is 33.3 Å². The molecule has 0 radical (unpaired) electrons. The van der Waals surface area contributed by atoms with Crippen molar-refractivity contribution in [1.29, 1.82) is 0 Å². The fourth-order valence-electron chi connectivity index (χ4n) is 4.78. The standard InChI is InChI=1S/C27H32N2O5/c1-5-28(6-2)12-13-29-24(18-8-7-9-21(16-18)33-4)23(26(31)27(29)32)25(30)19-10-11-22-20(15-19)14-17(3)34-22/h7-11,15-17,24,30H,5-6,12-14H2,1-4H3/b25-23-. The molecule has 1 N–H and O–H groups in total. The van der Waals surface area contributed by atoms with Crippen LogP contribution in [0, 0.1) is 0 Å². The number of benzene rings is 2. The van der Waals surface area contributed by atoms with Crippen LogP contribution in [0.4, 0.5) is 0 Å². The first-order valence-corrected chi connectivity index (χ1v) is 11.8. The molecule has 1 saturated heterocycles. The van der Waals surface area contributed by atoms with Crippen LogP contribution in [0.3, 0.4) is 0 Å². The van der Waals surface area contributed by atoms with Crippen LogP contribution in [-0.2, 0) is 16.0 Å². The second-order valence-corrected chi connectivity index (χ2v) is 8.75. The molecule has 2 heterocycles. The molecule has 2 aromatic carbocycles. The number of fused-ring (bicyclic) bond motifs is 1. The van der Waals surface area contributed by atoms with Crippen molar-refractivity contribution in [2.45, 2.75) is 39.3 Å². The maximum atomic E-state index is 13.3. The molecule has 4 rings (SSSR count). The molecular weight excluding hydrogens is 432 g/mol. The third-order valence-electron chi connectivity index (χ3n) is 6.67. The van der Waals surface area contributed by atoms with Gasteiger partial charge in [0.05, 0.1) is 18.7 Å². The summed E-state index contributed by atoms with van der Waals surface area (Å²) in [5.41, 5.74) is 2.30. The summed E-state index contributed by atoms with van der Waals surface area (Å²) in [6.07, 6.45) is 0.795. The van der Waals surface area contributed by atoms with E-state index in [1.807, 2.05) is 43.3 Å². The van der Waals surface area contributed by atoms with Crippen molar-refractivity contribution in [3.63, 3.8) is 0 Å². The van der Waals surface area contributed by atoms with Gasteiger partial charge in [0.25, 0.3) is 11.7 Å². The monoisotopic (exact) mass is 464 g/mol. The smallest absolute Gasteiger partial charge is 0.295 e. The number of carbonyl (C=O) groups is 2. The number of likely N-dealkylation sites (tertiary alicyclic amines) is 1. The third-order valence-corrected chi connectivity index (χ3v) is 6.67. The van der Waals surface area contributed by atoms with E-state index in [-0.39, 0.29) is 17.4 Å². The van der Waals surface area contributed by atoms with Crippen LogP contribution in [0.25, 0.3) is 5.76 Å². The van der Waals surface area contributed by atoms with Gasteiger partial charge in [-0.1, -0.05) is 26.0 Å². The third kappa shape index (κ3) is 4.40. The Morgan fingerprint density at radius 3 is 2.65 bits per heavy atom. The topological polar surface area (TPSA) is 79.3 Å². The van der Waals surface area contributed by atoms with Gasteiger partial charge in [0.2, 0.25) is 0 Å². The minimum absolute atomic E-state index is 0.0647. The van der Waals surface area contributed by atoms with Crippen LogP contribution >= 0.6 is 0 Å². The van der Waals surface area contributed by atoms with Gasteiger partial charge in [-0.15, -0.1) is 0 Å². The predicted octanol–water partition coefficient (Wildman–Crippen LogP) is 3.78.